The molecule has 0 radical (unpaired) electrons. The van der Waals surface area contributed by atoms with E-state index >= 15 is 0 Å². The minimum absolute atomic E-state index is 0.156. The normalized spacial score (nSPS) is 18.6. The fraction of sp³-hybridized carbons (Fsp3) is 0.273. The summed E-state index contributed by atoms with van der Waals surface area (Å²) in [5, 5.41) is 2.11. The van der Waals surface area contributed by atoms with Crippen LogP contribution in [0.4, 0.5) is 0 Å². The fourth-order valence-corrected chi connectivity index (χ4v) is 2.73. The molecule has 0 aromatic heterocycles. The summed E-state index contributed by atoms with van der Waals surface area (Å²) in [4.78, 5) is 16.0. The van der Waals surface area contributed by atoms with Crippen LogP contribution in [0.3, 0.4) is 0 Å². The van der Waals surface area contributed by atoms with Crippen LogP contribution < -0.4 is 10.9 Å². The maximum Gasteiger partial charge on any atom is 0.269 e. The molecular formula is C11H12BrN3OS. The van der Waals surface area contributed by atoms with Gasteiger partial charge >= 0.3 is 0 Å². The zero-order valence-corrected chi connectivity index (χ0v) is 11.4. The van der Waals surface area contributed by atoms with Gasteiger partial charge in [0.25, 0.3) is 5.91 Å². The Balaban J connectivity index is 1.82. The van der Waals surface area contributed by atoms with Gasteiger partial charge in [-0.25, -0.2) is 0 Å². The molecule has 0 saturated carbocycles. The van der Waals surface area contributed by atoms with Crippen LogP contribution in [0.2, 0.25) is 0 Å². The number of benzene rings is 1. The first kappa shape index (κ1) is 12.4. The zero-order chi connectivity index (χ0) is 12.1. The van der Waals surface area contributed by atoms with Gasteiger partial charge in [0.2, 0.25) is 0 Å². The van der Waals surface area contributed by atoms with Crippen molar-refractivity contribution in [1.82, 2.24) is 10.9 Å². The van der Waals surface area contributed by atoms with Crippen LogP contribution in [0, 0.1) is 0 Å². The Kier molecular flexibility index (Phi) is 4.44. The highest BCUT2D eigenvalue weighted by atomic mass is 79.9. The summed E-state index contributed by atoms with van der Waals surface area (Å²) in [6.45, 7) is 0.777. The van der Waals surface area contributed by atoms with E-state index in [1.54, 1.807) is 23.9 Å². The predicted molar refractivity (Wildman–Crippen MR) is 74.5 cm³/mol. The summed E-state index contributed by atoms with van der Waals surface area (Å²) in [5.74, 6) is -0.156. The number of rotatable bonds is 2. The summed E-state index contributed by atoms with van der Waals surface area (Å²) in [5.41, 5.74) is 6.09. The number of hydrogen-bond donors (Lipinski definition) is 2. The third kappa shape index (κ3) is 3.47. The van der Waals surface area contributed by atoms with Crippen molar-refractivity contribution in [2.45, 2.75) is 5.25 Å². The van der Waals surface area contributed by atoms with Gasteiger partial charge in [0, 0.05) is 16.1 Å². The molecule has 0 fully saturated rings. The SMILES string of the molecule is O=C(NNC1=NCC(CBr)S1)c1ccccc1. The summed E-state index contributed by atoms with van der Waals surface area (Å²) in [6.07, 6.45) is 0. The Morgan fingerprint density at radius 3 is 2.88 bits per heavy atom. The third-order valence-electron chi connectivity index (χ3n) is 2.21. The lowest BCUT2D eigenvalue weighted by Gasteiger charge is -2.08. The van der Waals surface area contributed by atoms with Gasteiger partial charge in [0.1, 0.15) is 0 Å². The standard InChI is InChI=1S/C11H12BrN3OS/c12-6-9-7-13-11(17-9)15-14-10(16)8-4-2-1-3-5-8/h1-5,9H,6-7H2,(H,13,15)(H,14,16). The molecule has 1 amide bonds. The molecule has 1 heterocycles. The van der Waals surface area contributed by atoms with E-state index in [4.69, 9.17) is 0 Å². The molecule has 6 heteroatoms. The molecule has 4 nitrogen and oxygen atoms in total. The van der Waals surface area contributed by atoms with E-state index < -0.39 is 0 Å². The van der Waals surface area contributed by atoms with Crippen LogP contribution >= 0.6 is 27.7 Å². The van der Waals surface area contributed by atoms with Crippen LogP contribution in [0.25, 0.3) is 0 Å². The van der Waals surface area contributed by atoms with E-state index in [9.17, 15) is 4.79 Å². The molecule has 1 aromatic rings. The maximum absolute atomic E-state index is 11.7. The van der Waals surface area contributed by atoms with Crippen molar-refractivity contribution >= 4 is 38.8 Å². The van der Waals surface area contributed by atoms with Crippen LogP contribution in [0.1, 0.15) is 10.4 Å². The average molecular weight is 314 g/mol. The lowest BCUT2D eigenvalue weighted by Crippen LogP contribution is -2.40. The predicted octanol–water partition coefficient (Wildman–Crippen LogP) is 1.79. The number of aliphatic imine (C=N–C) groups is 1. The number of carbonyl (C=O) groups is 1. The molecule has 2 rings (SSSR count). The number of halogens is 1. The first-order valence-electron chi connectivity index (χ1n) is 5.18. The molecule has 0 saturated heterocycles. The molecule has 1 aliphatic heterocycles. The minimum Gasteiger partial charge on any atom is -0.276 e. The van der Waals surface area contributed by atoms with E-state index in [0.717, 1.165) is 17.0 Å². The Hall–Kier alpha value is -1.01. The van der Waals surface area contributed by atoms with Crippen molar-refractivity contribution in [1.29, 1.82) is 0 Å². The molecule has 1 aliphatic rings. The Labute approximate surface area is 112 Å². The molecule has 1 unspecified atom stereocenters. The van der Waals surface area contributed by atoms with E-state index in [-0.39, 0.29) is 5.91 Å². The van der Waals surface area contributed by atoms with Crippen LogP contribution in [0.5, 0.6) is 0 Å². The van der Waals surface area contributed by atoms with Crippen LogP contribution in [-0.4, -0.2) is 28.2 Å². The number of hydrogen-bond acceptors (Lipinski definition) is 4. The number of hydrazine groups is 1. The molecule has 1 aromatic carbocycles. The molecule has 0 aliphatic carbocycles. The van der Waals surface area contributed by atoms with E-state index in [0.29, 0.717) is 10.8 Å². The smallest absolute Gasteiger partial charge is 0.269 e. The van der Waals surface area contributed by atoms with Crippen LogP contribution in [0.15, 0.2) is 35.3 Å². The molecular weight excluding hydrogens is 302 g/mol. The van der Waals surface area contributed by atoms with Gasteiger partial charge in [-0.3, -0.25) is 20.6 Å². The second-order valence-corrected chi connectivity index (χ2v) is 5.42. The number of amides is 1. The first-order chi connectivity index (χ1) is 8.29. The topological polar surface area (TPSA) is 53.5 Å². The van der Waals surface area contributed by atoms with Gasteiger partial charge in [-0.2, -0.15) is 0 Å². The van der Waals surface area contributed by atoms with Crippen LogP contribution in [-0.2, 0) is 0 Å². The molecule has 17 heavy (non-hydrogen) atoms. The van der Waals surface area contributed by atoms with Crippen molar-refractivity contribution in [2.24, 2.45) is 4.99 Å². The van der Waals surface area contributed by atoms with E-state index in [1.165, 1.54) is 0 Å². The van der Waals surface area contributed by atoms with Crippen molar-refractivity contribution < 1.29 is 4.79 Å². The van der Waals surface area contributed by atoms with Gasteiger partial charge in [0.15, 0.2) is 5.17 Å². The molecule has 2 N–H and O–H groups in total. The second-order valence-electron chi connectivity index (χ2n) is 3.49. The van der Waals surface area contributed by atoms with E-state index in [1.807, 2.05) is 18.2 Å². The second kappa shape index (κ2) is 6.07. The van der Waals surface area contributed by atoms with Crippen molar-refractivity contribution in [3.8, 4) is 0 Å². The summed E-state index contributed by atoms with van der Waals surface area (Å²) >= 11 is 5.04. The highest BCUT2D eigenvalue weighted by Crippen LogP contribution is 2.20. The Morgan fingerprint density at radius 1 is 1.47 bits per heavy atom. The molecule has 0 spiro atoms. The summed E-state index contributed by atoms with van der Waals surface area (Å²) in [7, 11) is 0. The summed E-state index contributed by atoms with van der Waals surface area (Å²) in [6, 6.07) is 9.07. The van der Waals surface area contributed by atoms with Crippen molar-refractivity contribution in [2.75, 3.05) is 11.9 Å². The lowest BCUT2D eigenvalue weighted by atomic mass is 10.2. The monoisotopic (exact) mass is 313 g/mol. The number of nitrogens with one attached hydrogen (secondary N) is 2. The number of nitrogens with zero attached hydrogens (tertiary/aromatic N) is 1. The number of thioether (sulfide) groups is 1. The number of amidine groups is 1. The number of carbonyl (C=O) groups excluding carboxylic acids is 1. The molecule has 1 atom stereocenters. The largest absolute Gasteiger partial charge is 0.276 e. The molecule has 0 bridgehead atoms. The van der Waals surface area contributed by atoms with Crippen molar-refractivity contribution in [3.05, 3.63) is 35.9 Å². The summed E-state index contributed by atoms with van der Waals surface area (Å²) < 4.78 is 0. The Bertz CT molecular complexity index is 424. The van der Waals surface area contributed by atoms with Gasteiger partial charge in [-0.05, 0) is 12.1 Å². The quantitative estimate of drug-likeness (QED) is 0.646. The zero-order valence-electron chi connectivity index (χ0n) is 9.02. The number of alkyl halides is 1. The van der Waals surface area contributed by atoms with Crippen molar-refractivity contribution in [3.63, 3.8) is 0 Å². The lowest BCUT2D eigenvalue weighted by molar-refractivity contribution is 0.0944. The third-order valence-corrected chi connectivity index (χ3v) is 4.52. The van der Waals surface area contributed by atoms with Gasteiger partial charge < -0.3 is 0 Å². The highest BCUT2D eigenvalue weighted by Gasteiger charge is 2.18. The highest BCUT2D eigenvalue weighted by molar-refractivity contribution is 9.09. The minimum atomic E-state index is -0.156. The van der Waals surface area contributed by atoms with Gasteiger partial charge in [0.05, 0.1) is 6.54 Å². The first-order valence-corrected chi connectivity index (χ1v) is 7.18. The fourth-order valence-electron chi connectivity index (χ4n) is 1.34. The Morgan fingerprint density at radius 2 is 2.24 bits per heavy atom. The maximum atomic E-state index is 11.7. The molecule has 90 valence electrons. The van der Waals surface area contributed by atoms with Gasteiger partial charge in [-0.15, -0.1) is 0 Å². The average Bonchev–Trinajstić information content (AvgIpc) is 2.85. The van der Waals surface area contributed by atoms with Gasteiger partial charge in [-0.1, -0.05) is 45.9 Å². The van der Waals surface area contributed by atoms with E-state index in [2.05, 4.69) is 31.8 Å².